The van der Waals surface area contributed by atoms with Crippen LogP contribution in [0.3, 0.4) is 0 Å². The predicted molar refractivity (Wildman–Crippen MR) is 500 cm³/mol. The molecule has 0 fully saturated rings. The van der Waals surface area contributed by atoms with E-state index >= 15 is 0 Å². The van der Waals surface area contributed by atoms with Gasteiger partial charge in [0, 0.05) is 77.9 Å². The van der Waals surface area contributed by atoms with Crippen molar-refractivity contribution in [3.05, 3.63) is 447 Å². The first kappa shape index (κ1) is 69.8. The van der Waals surface area contributed by atoms with Crippen molar-refractivity contribution in [1.29, 1.82) is 0 Å². The van der Waals surface area contributed by atoms with Gasteiger partial charge >= 0.3 is 0 Å². The molecule has 4 nitrogen and oxygen atoms in total. The van der Waals surface area contributed by atoms with E-state index in [4.69, 9.17) is 0 Å². The molecule has 2 aliphatic rings. The Bertz CT molecular complexity index is 7480. The normalized spacial score (nSPS) is 12.9. The molecular weight excluding hydrogens is 1430 g/mol. The summed E-state index contributed by atoms with van der Waals surface area (Å²) in [6.45, 7) is 9.44. The first-order valence-corrected chi connectivity index (χ1v) is 41.1. The van der Waals surface area contributed by atoms with Gasteiger partial charge < -0.3 is 18.9 Å². The van der Waals surface area contributed by atoms with Crippen molar-refractivity contribution in [2.75, 3.05) is 9.80 Å². The standard InChI is InChI=1S/C59H42N2.C55H40N2/c1-59(2)53-22-12-10-20-50(53)57-54(59)36-37-56-58(57)51-21-11-13-23-55(51)61(56)46-32-26-40(27-33-46)39-24-30-44(31-25-39)60(43-15-4-3-5-16-43)45-34-28-41(29-35-45)52-38-42-14-6-7-17-47(42)48-18-8-9-19-49(48)52;1-55(2)51-18-10-8-16-47(51)49-36-54-50(35-52(49)55)48-17-9-11-19-53(48)57(54)46-32-24-39(25-33-46)38-22-28-44(29-23-38)56(43-14-4-3-5-15-43)45-30-26-40(27-31-45)42-21-20-37-12-6-7-13-41(37)34-42/h3-38H,1-2H3;3-36H,1-2H3. The number of anilines is 6. The van der Waals surface area contributed by atoms with E-state index in [0.29, 0.717) is 0 Å². The van der Waals surface area contributed by atoms with Gasteiger partial charge in [-0.05, 0) is 261 Å². The number of fused-ring (bicyclic) bond motifs is 17. The van der Waals surface area contributed by atoms with Gasteiger partial charge in [0.15, 0.2) is 0 Å². The number of aromatic nitrogens is 2. The Morgan fingerprint density at radius 1 is 0.195 bits per heavy atom. The molecule has 0 atom stereocenters. The molecule has 19 aromatic carbocycles. The lowest BCUT2D eigenvalue weighted by Crippen LogP contribution is -2.14. The van der Waals surface area contributed by atoms with Crippen LogP contribution < -0.4 is 9.80 Å². The topological polar surface area (TPSA) is 16.3 Å². The quantitative estimate of drug-likeness (QED) is 0.113. The average molecular weight is 1510 g/mol. The molecule has 0 spiro atoms. The molecule has 0 N–H and O–H groups in total. The second-order valence-corrected chi connectivity index (χ2v) is 32.7. The molecule has 2 heterocycles. The zero-order valence-electron chi connectivity index (χ0n) is 66.2. The van der Waals surface area contributed by atoms with Gasteiger partial charge in [0.05, 0.1) is 22.1 Å². The Morgan fingerprint density at radius 3 is 1.17 bits per heavy atom. The number of hydrogen-bond acceptors (Lipinski definition) is 2. The minimum atomic E-state index is -0.0442. The fourth-order valence-electron chi connectivity index (χ4n) is 19.5. The summed E-state index contributed by atoms with van der Waals surface area (Å²) in [6.07, 6.45) is 0. The highest BCUT2D eigenvalue weighted by Gasteiger charge is 2.39. The lowest BCUT2D eigenvalue weighted by molar-refractivity contribution is 0.661. The van der Waals surface area contributed by atoms with Gasteiger partial charge in [-0.25, -0.2) is 0 Å². The number of para-hydroxylation sites is 4. The largest absolute Gasteiger partial charge is 0.311 e. The van der Waals surface area contributed by atoms with E-state index in [9.17, 15) is 0 Å². The highest BCUT2D eigenvalue weighted by Crippen LogP contribution is 2.55. The molecule has 0 saturated heterocycles. The number of nitrogens with zero attached hydrogens (tertiary/aromatic N) is 4. The molecule has 0 radical (unpaired) electrons. The van der Waals surface area contributed by atoms with Crippen molar-refractivity contribution in [1.82, 2.24) is 9.13 Å². The van der Waals surface area contributed by atoms with Gasteiger partial charge in [-0.15, -0.1) is 0 Å². The Morgan fingerprint density at radius 2 is 0.593 bits per heavy atom. The van der Waals surface area contributed by atoms with Gasteiger partial charge in [0.25, 0.3) is 0 Å². The molecule has 2 aromatic heterocycles. The summed E-state index contributed by atoms with van der Waals surface area (Å²) in [4.78, 5) is 4.67. The average Bonchev–Trinajstić information content (AvgIpc) is 1.54. The molecule has 2 aliphatic carbocycles. The molecule has 0 aliphatic heterocycles. The molecule has 558 valence electrons. The van der Waals surface area contributed by atoms with Gasteiger partial charge in [-0.2, -0.15) is 0 Å². The third-order valence-corrected chi connectivity index (χ3v) is 25.4. The smallest absolute Gasteiger partial charge is 0.0547 e. The summed E-state index contributed by atoms with van der Waals surface area (Å²) in [6, 6.07) is 155. The van der Waals surface area contributed by atoms with E-state index < -0.39 is 0 Å². The van der Waals surface area contributed by atoms with Crippen LogP contribution in [-0.4, -0.2) is 9.13 Å². The van der Waals surface area contributed by atoms with E-state index in [1.165, 1.54) is 165 Å². The summed E-state index contributed by atoms with van der Waals surface area (Å²) in [5, 5.41) is 12.8. The van der Waals surface area contributed by atoms with Gasteiger partial charge in [-0.1, -0.05) is 313 Å². The Hall–Kier alpha value is -14.8. The first-order valence-electron chi connectivity index (χ1n) is 41.1. The van der Waals surface area contributed by atoms with Crippen LogP contribution in [0, 0.1) is 0 Å². The van der Waals surface area contributed by atoms with Crippen LogP contribution in [0.5, 0.6) is 0 Å². The van der Waals surface area contributed by atoms with E-state index in [-0.39, 0.29) is 10.8 Å². The summed E-state index contributed by atoms with van der Waals surface area (Å²) in [7, 11) is 0. The molecule has 118 heavy (non-hydrogen) atoms. The van der Waals surface area contributed by atoms with Gasteiger partial charge in [-0.3, -0.25) is 0 Å². The SMILES string of the molecule is CC1(C)c2ccccc2-c2c1ccc1c2c2ccccc2n1-c1ccc(-c2ccc(N(c3ccccc3)c3ccc(-c4cc5ccccc5c5ccccc45)cc3)cc2)cc1.CC1(C)c2ccccc2-c2cc3c(cc21)c1ccccc1n3-c1ccc(-c2ccc(N(c3ccccc3)c3ccc(-c4ccc5ccccc5c4)cc3)cc2)cc1. The van der Waals surface area contributed by atoms with Crippen LogP contribution in [0.2, 0.25) is 0 Å². The van der Waals surface area contributed by atoms with Crippen LogP contribution in [-0.2, 0) is 10.8 Å². The van der Waals surface area contributed by atoms with Crippen molar-refractivity contribution < 1.29 is 0 Å². The number of rotatable bonds is 12. The molecule has 4 heteroatoms. The highest BCUT2D eigenvalue weighted by molar-refractivity contribution is 6.19. The second kappa shape index (κ2) is 28.0. The maximum Gasteiger partial charge on any atom is 0.0547 e. The zero-order chi connectivity index (χ0) is 78.7. The summed E-state index contributed by atoms with van der Waals surface area (Å²) in [5.41, 5.74) is 34.5. The molecule has 0 saturated carbocycles. The maximum atomic E-state index is 2.46. The molecule has 0 bridgehead atoms. The Kier molecular flexibility index (Phi) is 16.6. The summed E-state index contributed by atoms with van der Waals surface area (Å²) >= 11 is 0. The molecule has 21 aromatic rings. The second-order valence-electron chi connectivity index (χ2n) is 32.7. The van der Waals surface area contributed by atoms with E-state index in [1.54, 1.807) is 0 Å². The lowest BCUT2D eigenvalue weighted by atomic mass is 9.82. The van der Waals surface area contributed by atoms with Crippen molar-refractivity contribution in [2.24, 2.45) is 0 Å². The maximum absolute atomic E-state index is 2.46. The minimum absolute atomic E-state index is 0.0400. The fourth-order valence-corrected chi connectivity index (χ4v) is 19.5. The minimum Gasteiger partial charge on any atom is -0.311 e. The van der Waals surface area contributed by atoms with Crippen molar-refractivity contribution in [2.45, 2.75) is 38.5 Å². The van der Waals surface area contributed by atoms with Crippen molar-refractivity contribution >= 4 is 110 Å². The Balaban J connectivity index is 0.000000143. The predicted octanol–water partition coefficient (Wildman–Crippen LogP) is 31.2. The van der Waals surface area contributed by atoms with E-state index in [0.717, 1.165) is 45.5 Å². The van der Waals surface area contributed by atoms with Crippen LogP contribution in [0.15, 0.2) is 425 Å². The lowest BCUT2D eigenvalue weighted by Gasteiger charge is -2.26. The zero-order valence-corrected chi connectivity index (χ0v) is 66.2. The van der Waals surface area contributed by atoms with Gasteiger partial charge in [0.1, 0.15) is 0 Å². The third kappa shape index (κ3) is 11.6. The highest BCUT2D eigenvalue weighted by atomic mass is 15.1. The summed E-state index contributed by atoms with van der Waals surface area (Å²) < 4.78 is 4.88. The van der Waals surface area contributed by atoms with Crippen LogP contribution in [0.4, 0.5) is 34.1 Å². The fraction of sp³-hybridized carbons (Fsp3) is 0.0526. The van der Waals surface area contributed by atoms with E-state index in [1.807, 2.05) is 0 Å². The number of hydrogen-bond donors (Lipinski definition) is 0. The first-order chi connectivity index (χ1) is 58.0. The van der Waals surface area contributed by atoms with Crippen molar-refractivity contribution in [3.8, 4) is 78.1 Å². The van der Waals surface area contributed by atoms with Gasteiger partial charge in [0.2, 0.25) is 0 Å². The Labute approximate surface area is 687 Å². The number of benzene rings is 19. The van der Waals surface area contributed by atoms with E-state index in [2.05, 4.69) is 471 Å². The molecular formula is C114H82N4. The van der Waals surface area contributed by atoms with Crippen LogP contribution in [0.1, 0.15) is 49.9 Å². The van der Waals surface area contributed by atoms with Crippen LogP contribution >= 0.6 is 0 Å². The molecule has 23 rings (SSSR count). The molecule has 0 amide bonds. The third-order valence-electron chi connectivity index (χ3n) is 25.4. The van der Waals surface area contributed by atoms with Crippen LogP contribution in [0.25, 0.3) is 154 Å². The molecule has 0 unspecified atom stereocenters. The van der Waals surface area contributed by atoms with Crippen molar-refractivity contribution in [3.63, 3.8) is 0 Å². The summed E-state index contributed by atoms with van der Waals surface area (Å²) in [5.74, 6) is 0. The monoisotopic (exact) mass is 1510 g/mol.